The third-order valence-corrected chi connectivity index (χ3v) is 4.50. The van der Waals surface area contributed by atoms with Crippen LogP contribution in [0.5, 0.6) is 5.75 Å². The third-order valence-electron chi connectivity index (χ3n) is 4.50. The average Bonchev–Trinajstić information content (AvgIpc) is 3.08. The molecular formula is C19H22N2O3. The summed E-state index contributed by atoms with van der Waals surface area (Å²) in [4.78, 5) is 16.8. The van der Waals surface area contributed by atoms with Crippen molar-refractivity contribution in [3.05, 3.63) is 59.9 Å². The van der Waals surface area contributed by atoms with Crippen LogP contribution in [0.2, 0.25) is 0 Å². The maximum absolute atomic E-state index is 12.6. The van der Waals surface area contributed by atoms with Crippen LogP contribution in [0.4, 0.5) is 0 Å². The first kappa shape index (κ1) is 16.5. The second-order valence-corrected chi connectivity index (χ2v) is 5.83. The van der Waals surface area contributed by atoms with Gasteiger partial charge in [-0.2, -0.15) is 0 Å². The molecule has 1 aliphatic rings. The van der Waals surface area contributed by atoms with Gasteiger partial charge in [-0.25, -0.2) is 0 Å². The zero-order chi connectivity index (χ0) is 16.9. The van der Waals surface area contributed by atoms with Crippen molar-refractivity contribution >= 4 is 5.97 Å². The molecule has 1 fully saturated rings. The predicted molar refractivity (Wildman–Crippen MR) is 90.8 cm³/mol. The van der Waals surface area contributed by atoms with Crippen molar-refractivity contribution in [1.82, 2.24) is 10.3 Å². The highest BCUT2D eigenvalue weighted by molar-refractivity contribution is 5.75. The SMILES string of the molecule is CCOC(=O)[C@H]1[C@@H](c2cccnc2)CN[C@H]1c1ccc(OC)cc1. The van der Waals surface area contributed by atoms with Gasteiger partial charge < -0.3 is 14.8 Å². The summed E-state index contributed by atoms with van der Waals surface area (Å²) in [5.74, 6) is 0.401. The van der Waals surface area contributed by atoms with Gasteiger partial charge in [0.05, 0.1) is 19.6 Å². The Morgan fingerprint density at radius 2 is 2.04 bits per heavy atom. The normalized spacial score (nSPS) is 23.0. The molecule has 24 heavy (non-hydrogen) atoms. The van der Waals surface area contributed by atoms with Crippen molar-refractivity contribution in [1.29, 1.82) is 0 Å². The van der Waals surface area contributed by atoms with Gasteiger partial charge in [-0.05, 0) is 36.2 Å². The Labute approximate surface area is 142 Å². The van der Waals surface area contributed by atoms with Crippen LogP contribution in [0.1, 0.15) is 30.0 Å². The minimum absolute atomic E-state index is 0.0462. The standard InChI is InChI=1S/C19H22N2O3/c1-3-24-19(22)17-16(14-5-4-10-20-11-14)12-21-18(17)13-6-8-15(23-2)9-7-13/h4-11,16-18,21H,3,12H2,1-2H3/t16-,17+,18+/m1/s1. The van der Waals surface area contributed by atoms with Crippen LogP contribution in [-0.2, 0) is 9.53 Å². The van der Waals surface area contributed by atoms with Crippen molar-refractivity contribution in [2.24, 2.45) is 5.92 Å². The summed E-state index contributed by atoms with van der Waals surface area (Å²) in [5.41, 5.74) is 2.11. The minimum Gasteiger partial charge on any atom is -0.497 e. The lowest BCUT2D eigenvalue weighted by Gasteiger charge is -2.23. The molecule has 5 heteroatoms. The van der Waals surface area contributed by atoms with Gasteiger partial charge in [0.25, 0.3) is 0 Å². The van der Waals surface area contributed by atoms with E-state index in [1.54, 1.807) is 13.3 Å². The van der Waals surface area contributed by atoms with Crippen LogP contribution in [0.15, 0.2) is 48.8 Å². The summed E-state index contributed by atoms with van der Waals surface area (Å²) in [6, 6.07) is 11.6. The van der Waals surface area contributed by atoms with E-state index >= 15 is 0 Å². The molecule has 1 aliphatic heterocycles. The molecule has 0 bridgehead atoms. The molecule has 1 aromatic carbocycles. The first-order valence-electron chi connectivity index (χ1n) is 8.18. The molecule has 3 atom stereocenters. The van der Waals surface area contributed by atoms with Gasteiger partial charge in [-0.1, -0.05) is 18.2 Å². The highest BCUT2D eigenvalue weighted by Crippen LogP contribution is 2.40. The van der Waals surface area contributed by atoms with Gasteiger partial charge in [-0.3, -0.25) is 9.78 Å². The van der Waals surface area contributed by atoms with Crippen LogP contribution in [0.25, 0.3) is 0 Å². The first-order valence-corrected chi connectivity index (χ1v) is 8.18. The van der Waals surface area contributed by atoms with E-state index in [-0.39, 0.29) is 23.8 Å². The lowest BCUT2D eigenvalue weighted by atomic mass is 9.83. The topological polar surface area (TPSA) is 60.5 Å². The molecule has 0 saturated carbocycles. The fourth-order valence-corrected chi connectivity index (χ4v) is 3.34. The van der Waals surface area contributed by atoms with Crippen LogP contribution < -0.4 is 10.1 Å². The number of hydrogen-bond donors (Lipinski definition) is 1. The monoisotopic (exact) mass is 326 g/mol. The Kier molecular flexibility index (Phi) is 5.11. The molecule has 2 aromatic rings. The first-order chi connectivity index (χ1) is 11.7. The summed E-state index contributed by atoms with van der Waals surface area (Å²) < 4.78 is 10.6. The summed E-state index contributed by atoms with van der Waals surface area (Å²) in [6.45, 7) is 2.93. The maximum Gasteiger partial charge on any atom is 0.311 e. The van der Waals surface area contributed by atoms with Gasteiger partial charge in [0.1, 0.15) is 5.75 Å². The summed E-state index contributed by atoms with van der Waals surface area (Å²) in [7, 11) is 1.64. The number of esters is 1. The quantitative estimate of drug-likeness (QED) is 0.856. The molecule has 0 radical (unpaired) electrons. The van der Waals surface area contributed by atoms with Gasteiger partial charge in [-0.15, -0.1) is 0 Å². The van der Waals surface area contributed by atoms with Crippen molar-refractivity contribution in [2.75, 3.05) is 20.3 Å². The summed E-state index contributed by atoms with van der Waals surface area (Å²) in [5, 5.41) is 3.48. The number of nitrogens with one attached hydrogen (secondary N) is 1. The molecule has 0 spiro atoms. The zero-order valence-corrected chi connectivity index (χ0v) is 13.9. The molecule has 1 saturated heterocycles. The maximum atomic E-state index is 12.6. The summed E-state index contributed by atoms with van der Waals surface area (Å²) >= 11 is 0. The molecule has 0 amide bonds. The second-order valence-electron chi connectivity index (χ2n) is 5.83. The summed E-state index contributed by atoms with van der Waals surface area (Å²) in [6.07, 6.45) is 3.57. The number of methoxy groups -OCH3 is 1. The lowest BCUT2D eigenvalue weighted by molar-refractivity contribution is -0.148. The second kappa shape index (κ2) is 7.45. The molecule has 126 valence electrons. The number of aromatic nitrogens is 1. The molecular weight excluding hydrogens is 304 g/mol. The number of pyridine rings is 1. The van der Waals surface area contributed by atoms with Crippen molar-refractivity contribution < 1.29 is 14.3 Å². The number of nitrogens with zero attached hydrogens (tertiary/aromatic N) is 1. The van der Waals surface area contributed by atoms with E-state index in [4.69, 9.17) is 9.47 Å². The number of ether oxygens (including phenoxy) is 2. The van der Waals surface area contributed by atoms with E-state index < -0.39 is 0 Å². The van der Waals surface area contributed by atoms with E-state index in [1.807, 2.05) is 49.5 Å². The Bertz CT molecular complexity index is 673. The molecule has 3 rings (SSSR count). The highest BCUT2D eigenvalue weighted by Gasteiger charge is 2.43. The zero-order valence-electron chi connectivity index (χ0n) is 13.9. The fourth-order valence-electron chi connectivity index (χ4n) is 3.34. The van der Waals surface area contributed by atoms with Crippen LogP contribution in [-0.4, -0.2) is 31.2 Å². The van der Waals surface area contributed by atoms with E-state index in [9.17, 15) is 4.79 Å². The predicted octanol–water partition coefficient (Wildman–Crippen LogP) is 2.70. The van der Waals surface area contributed by atoms with Crippen LogP contribution >= 0.6 is 0 Å². The molecule has 0 unspecified atom stereocenters. The molecule has 1 aromatic heterocycles. The van der Waals surface area contributed by atoms with Crippen molar-refractivity contribution in [3.63, 3.8) is 0 Å². The Hall–Kier alpha value is -2.40. The Balaban J connectivity index is 1.91. The van der Waals surface area contributed by atoms with Gasteiger partial charge in [0.2, 0.25) is 0 Å². The number of carbonyl (C=O) groups is 1. The molecule has 5 nitrogen and oxygen atoms in total. The van der Waals surface area contributed by atoms with E-state index in [0.29, 0.717) is 13.2 Å². The van der Waals surface area contributed by atoms with Gasteiger partial charge in [0, 0.05) is 30.9 Å². The Morgan fingerprint density at radius 1 is 1.25 bits per heavy atom. The van der Waals surface area contributed by atoms with E-state index in [2.05, 4.69) is 10.3 Å². The third kappa shape index (κ3) is 3.26. The van der Waals surface area contributed by atoms with Gasteiger partial charge in [0.15, 0.2) is 0 Å². The van der Waals surface area contributed by atoms with E-state index in [0.717, 1.165) is 16.9 Å². The molecule has 1 N–H and O–H groups in total. The Morgan fingerprint density at radius 3 is 2.67 bits per heavy atom. The largest absolute Gasteiger partial charge is 0.497 e. The van der Waals surface area contributed by atoms with Crippen LogP contribution in [0, 0.1) is 5.92 Å². The minimum atomic E-state index is -0.275. The number of carbonyl (C=O) groups excluding carboxylic acids is 1. The highest BCUT2D eigenvalue weighted by atomic mass is 16.5. The van der Waals surface area contributed by atoms with Crippen molar-refractivity contribution in [2.45, 2.75) is 18.9 Å². The number of hydrogen-bond acceptors (Lipinski definition) is 5. The molecule has 0 aliphatic carbocycles. The lowest BCUT2D eigenvalue weighted by Crippen LogP contribution is -2.27. The number of benzene rings is 1. The smallest absolute Gasteiger partial charge is 0.311 e. The van der Waals surface area contributed by atoms with E-state index in [1.165, 1.54) is 0 Å². The average molecular weight is 326 g/mol. The number of rotatable bonds is 5. The van der Waals surface area contributed by atoms with Crippen molar-refractivity contribution in [3.8, 4) is 5.75 Å². The molecule has 2 heterocycles. The van der Waals surface area contributed by atoms with Gasteiger partial charge >= 0.3 is 5.97 Å². The van der Waals surface area contributed by atoms with Crippen LogP contribution in [0.3, 0.4) is 0 Å². The fraction of sp³-hybridized carbons (Fsp3) is 0.368.